The predicted octanol–water partition coefficient (Wildman–Crippen LogP) is 4.49. The van der Waals surface area contributed by atoms with Crippen LogP contribution in [0.15, 0.2) is 42.5 Å². The highest BCUT2D eigenvalue weighted by Crippen LogP contribution is 2.35. The van der Waals surface area contributed by atoms with Crippen LogP contribution in [0.3, 0.4) is 0 Å². The zero-order valence-electron chi connectivity index (χ0n) is 18.5. The molecule has 1 fully saturated rings. The summed E-state index contributed by atoms with van der Waals surface area (Å²) in [5, 5.41) is 3.12. The highest BCUT2D eigenvalue weighted by Gasteiger charge is 2.37. The van der Waals surface area contributed by atoms with Gasteiger partial charge in [-0.2, -0.15) is 0 Å². The molecule has 1 saturated heterocycles. The van der Waals surface area contributed by atoms with E-state index in [1.54, 1.807) is 30.3 Å². The lowest BCUT2D eigenvalue weighted by molar-refractivity contribution is -0.151. The monoisotopic (exact) mass is 506 g/mol. The Bertz CT molecular complexity index is 1070. The maximum Gasteiger partial charge on any atom is 0.338 e. The number of amides is 2. The van der Waals surface area contributed by atoms with Gasteiger partial charge in [-0.05, 0) is 42.8 Å². The van der Waals surface area contributed by atoms with E-state index in [0.29, 0.717) is 28.6 Å². The Morgan fingerprint density at radius 1 is 1.09 bits per heavy atom. The van der Waals surface area contributed by atoms with Crippen LogP contribution in [0.1, 0.15) is 36.5 Å². The first-order valence-electron chi connectivity index (χ1n) is 10.8. The van der Waals surface area contributed by atoms with E-state index in [1.165, 1.54) is 17.0 Å². The molecule has 0 saturated carbocycles. The van der Waals surface area contributed by atoms with Crippen LogP contribution in [0, 0.1) is 5.92 Å². The quantitative estimate of drug-likeness (QED) is 0.397. The van der Waals surface area contributed by atoms with Crippen molar-refractivity contribution in [1.82, 2.24) is 0 Å². The molecule has 2 amide bonds. The minimum Gasteiger partial charge on any atom is -0.462 e. The number of esters is 2. The van der Waals surface area contributed by atoms with Gasteiger partial charge in [-0.15, -0.1) is 0 Å². The summed E-state index contributed by atoms with van der Waals surface area (Å²) in [4.78, 5) is 50.3. The van der Waals surface area contributed by atoms with Gasteiger partial charge in [-0.25, -0.2) is 4.79 Å². The van der Waals surface area contributed by atoms with E-state index in [2.05, 4.69) is 5.32 Å². The van der Waals surface area contributed by atoms with Crippen LogP contribution in [-0.4, -0.2) is 43.5 Å². The number of unbranched alkanes of at least 4 members (excludes halogenated alkanes) is 1. The molecule has 1 aliphatic rings. The molecular formula is C24H24Cl2N2O6. The van der Waals surface area contributed by atoms with Crippen LogP contribution in [0.5, 0.6) is 0 Å². The van der Waals surface area contributed by atoms with E-state index in [0.717, 1.165) is 12.8 Å². The summed E-state index contributed by atoms with van der Waals surface area (Å²) in [6, 6.07) is 11.1. The molecule has 0 bridgehead atoms. The number of ether oxygens (including phenoxy) is 2. The van der Waals surface area contributed by atoms with E-state index in [4.69, 9.17) is 32.7 Å². The largest absolute Gasteiger partial charge is 0.462 e. The molecule has 10 heteroatoms. The molecule has 1 N–H and O–H groups in total. The number of hydrogen-bond acceptors (Lipinski definition) is 6. The van der Waals surface area contributed by atoms with E-state index >= 15 is 0 Å². The normalized spacial score (nSPS) is 15.2. The number of carbonyl (C=O) groups is 4. The van der Waals surface area contributed by atoms with Crippen LogP contribution in [0.25, 0.3) is 0 Å². The number of hydrogen-bond donors (Lipinski definition) is 1. The van der Waals surface area contributed by atoms with Gasteiger partial charge in [0, 0.05) is 18.7 Å². The smallest absolute Gasteiger partial charge is 0.338 e. The lowest BCUT2D eigenvalue weighted by Gasteiger charge is -2.18. The molecule has 8 nitrogen and oxygen atoms in total. The average molecular weight is 507 g/mol. The van der Waals surface area contributed by atoms with Crippen LogP contribution in [-0.2, 0) is 23.9 Å². The van der Waals surface area contributed by atoms with E-state index in [-0.39, 0.29) is 23.9 Å². The first-order chi connectivity index (χ1) is 16.3. The maximum atomic E-state index is 12.4. The molecule has 2 aromatic rings. The van der Waals surface area contributed by atoms with Crippen molar-refractivity contribution in [2.45, 2.75) is 26.2 Å². The van der Waals surface area contributed by atoms with Gasteiger partial charge in [0.1, 0.15) is 0 Å². The van der Waals surface area contributed by atoms with Gasteiger partial charge in [0.25, 0.3) is 5.91 Å². The van der Waals surface area contributed by atoms with Gasteiger partial charge >= 0.3 is 11.9 Å². The second-order valence-corrected chi connectivity index (χ2v) is 8.49. The van der Waals surface area contributed by atoms with Crippen molar-refractivity contribution in [3.63, 3.8) is 0 Å². The number of benzene rings is 2. The molecule has 0 radical (unpaired) electrons. The third-order valence-electron chi connectivity index (χ3n) is 5.16. The van der Waals surface area contributed by atoms with Crippen LogP contribution in [0.2, 0.25) is 10.0 Å². The summed E-state index contributed by atoms with van der Waals surface area (Å²) in [7, 11) is 0. The average Bonchev–Trinajstić information content (AvgIpc) is 3.21. The molecule has 0 spiro atoms. The molecule has 0 aliphatic carbocycles. The molecule has 1 aliphatic heterocycles. The summed E-state index contributed by atoms with van der Waals surface area (Å²) in [6.07, 6.45) is 1.66. The fourth-order valence-corrected chi connectivity index (χ4v) is 3.73. The molecule has 3 rings (SSSR count). The topological polar surface area (TPSA) is 102 Å². The molecule has 180 valence electrons. The number of rotatable bonds is 9. The first-order valence-corrected chi connectivity index (χ1v) is 11.5. The Morgan fingerprint density at radius 2 is 1.82 bits per heavy atom. The van der Waals surface area contributed by atoms with Gasteiger partial charge in [0.15, 0.2) is 6.61 Å². The van der Waals surface area contributed by atoms with Gasteiger partial charge < -0.3 is 19.7 Å². The van der Waals surface area contributed by atoms with Gasteiger partial charge in [0.05, 0.1) is 33.8 Å². The Hall–Kier alpha value is -3.10. The fraction of sp³-hybridized carbons (Fsp3) is 0.333. The predicted molar refractivity (Wildman–Crippen MR) is 128 cm³/mol. The summed E-state index contributed by atoms with van der Waals surface area (Å²) < 4.78 is 10.2. The van der Waals surface area contributed by atoms with Gasteiger partial charge in [-0.1, -0.05) is 42.6 Å². The van der Waals surface area contributed by atoms with Crippen molar-refractivity contribution < 1.29 is 28.7 Å². The fourth-order valence-electron chi connectivity index (χ4n) is 3.33. The third kappa shape index (κ3) is 6.48. The van der Waals surface area contributed by atoms with Crippen LogP contribution in [0.4, 0.5) is 11.4 Å². The molecular weight excluding hydrogens is 483 g/mol. The number of nitrogens with zero attached hydrogens (tertiary/aromatic N) is 1. The Kier molecular flexibility index (Phi) is 8.90. The minimum atomic E-state index is -0.728. The number of anilines is 2. The second kappa shape index (κ2) is 11.9. The van der Waals surface area contributed by atoms with Crippen LogP contribution >= 0.6 is 23.2 Å². The lowest BCUT2D eigenvalue weighted by Crippen LogP contribution is -2.28. The molecule has 0 unspecified atom stereocenters. The van der Waals surface area contributed by atoms with E-state index < -0.39 is 30.4 Å². The Balaban J connectivity index is 1.48. The highest BCUT2D eigenvalue weighted by molar-refractivity contribution is 6.44. The van der Waals surface area contributed by atoms with Gasteiger partial charge in [0.2, 0.25) is 5.91 Å². The minimum absolute atomic E-state index is 0.0564. The number of nitrogens with one attached hydrogen (secondary N) is 1. The van der Waals surface area contributed by atoms with Crippen LogP contribution < -0.4 is 10.2 Å². The van der Waals surface area contributed by atoms with E-state index in [9.17, 15) is 19.2 Å². The van der Waals surface area contributed by atoms with Crippen molar-refractivity contribution >= 4 is 58.3 Å². The molecule has 1 heterocycles. The molecule has 2 aromatic carbocycles. The number of carbonyl (C=O) groups excluding carboxylic acids is 4. The third-order valence-corrected chi connectivity index (χ3v) is 5.97. The first kappa shape index (κ1) is 25.5. The van der Waals surface area contributed by atoms with Crippen molar-refractivity contribution in [3.05, 3.63) is 58.1 Å². The van der Waals surface area contributed by atoms with Gasteiger partial charge in [-0.3, -0.25) is 14.4 Å². The van der Waals surface area contributed by atoms with Crippen molar-refractivity contribution in [1.29, 1.82) is 0 Å². The van der Waals surface area contributed by atoms with E-state index in [1.807, 2.05) is 6.92 Å². The lowest BCUT2D eigenvalue weighted by atomic mass is 10.1. The Morgan fingerprint density at radius 3 is 2.53 bits per heavy atom. The zero-order chi connectivity index (χ0) is 24.7. The number of halogens is 2. The van der Waals surface area contributed by atoms with Crippen molar-refractivity contribution in [2.24, 2.45) is 5.92 Å². The summed E-state index contributed by atoms with van der Waals surface area (Å²) in [6.45, 7) is 1.93. The molecule has 34 heavy (non-hydrogen) atoms. The summed E-state index contributed by atoms with van der Waals surface area (Å²) in [5.74, 6) is -2.66. The highest BCUT2D eigenvalue weighted by atomic mass is 35.5. The Labute approximate surface area is 207 Å². The summed E-state index contributed by atoms with van der Waals surface area (Å²) in [5.41, 5.74) is 1.23. The SMILES string of the molecule is CCCCOC(=O)c1ccc(NC(=O)COC(=O)[C@@H]2CC(=O)N(c3cccc(Cl)c3Cl)C2)cc1. The zero-order valence-corrected chi connectivity index (χ0v) is 20.0. The standard InChI is InChI=1S/C24H24Cl2N2O6/c1-2-3-11-33-23(31)15-7-9-17(10-8-15)27-20(29)14-34-24(32)16-12-21(30)28(13-16)19-6-4-5-18(25)22(19)26/h4-10,16H,2-3,11-14H2,1H3,(H,27,29)/t16-/m1/s1. The van der Waals surface area contributed by atoms with Crippen molar-refractivity contribution in [3.8, 4) is 0 Å². The summed E-state index contributed by atoms with van der Waals surface area (Å²) >= 11 is 12.2. The second-order valence-electron chi connectivity index (χ2n) is 7.70. The molecule has 1 atom stereocenters. The molecule has 0 aromatic heterocycles. The van der Waals surface area contributed by atoms with Crippen molar-refractivity contribution in [2.75, 3.05) is 30.0 Å². The maximum absolute atomic E-state index is 12.4.